The number of H-pyrrole nitrogens is 1. The summed E-state index contributed by atoms with van der Waals surface area (Å²) in [4.78, 5) is 17.7. The number of hydrogen-bond acceptors (Lipinski definition) is 5. The third kappa shape index (κ3) is 6.71. The summed E-state index contributed by atoms with van der Waals surface area (Å²) in [6.07, 6.45) is 7.97. The minimum Gasteiger partial charge on any atom is -0.476 e. The summed E-state index contributed by atoms with van der Waals surface area (Å²) in [6.45, 7) is 3.91. The van der Waals surface area contributed by atoms with Crippen LogP contribution in [0.5, 0.6) is 5.88 Å². The summed E-state index contributed by atoms with van der Waals surface area (Å²) in [5.74, 6) is 0.546. The number of allylic oxidation sites excluding steroid dienone is 1. The van der Waals surface area contributed by atoms with Crippen molar-refractivity contribution in [1.82, 2.24) is 25.4 Å². The number of carbonyl (C=O) groups excluding carboxylic acids is 1. The fourth-order valence-electron chi connectivity index (χ4n) is 4.11. The molecule has 2 aromatic carbocycles. The Labute approximate surface area is 217 Å². The van der Waals surface area contributed by atoms with Crippen molar-refractivity contribution in [2.24, 2.45) is 0 Å². The molecule has 4 rings (SSSR count). The average Bonchev–Trinajstić information content (AvgIpc) is 3.40. The van der Waals surface area contributed by atoms with Crippen molar-refractivity contribution in [1.29, 1.82) is 0 Å². The summed E-state index contributed by atoms with van der Waals surface area (Å²) < 4.78 is 5.83. The van der Waals surface area contributed by atoms with Gasteiger partial charge in [0.05, 0.1) is 11.7 Å². The standard InChI is InChI=1S/C30H33N5O2/c1-4-26(22-9-6-5-7-10-22)30(23-12-14-27-25(19-23)21-33-34-27)24-13-15-28(32-20-24)37-18-17-31-16-8-11-29(36)35(2)3/h5-15,19-21,31H,4,16-18H2,1-3H3,(H,33,34)/b11-8+,30-26-. The Hall–Kier alpha value is -4.23. The second-order valence-electron chi connectivity index (χ2n) is 8.82. The van der Waals surface area contributed by atoms with Gasteiger partial charge in [0.2, 0.25) is 11.8 Å². The van der Waals surface area contributed by atoms with Crippen LogP contribution in [0.1, 0.15) is 30.0 Å². The van der Waals surface area contributed by atoms with Crippen molar-refractivity contribution in [3.8, 4) is 5.88 Å². The molecule has 2 heterocycles. The van der Waals surface area contributed by atoms with Gasteiger partial charge in [-0.15, -0.1) is 0 Å². The number of nitrogens with zero attached hydrogens (tertiary/aromatic N) is 3. The van der Waals surface area contributed by atoms with Gasteiger partial charge >= 0.3 is 0 Å². The molecule has 0 radical (unpaired) electrons. The first-order valence-electron chi connectivity index (χ1n) is 12.5. The van der Waals surface area contributed by atoms with Crippen molar-refractivity contribution >= 4 is 28.0 Å². The number of likely N-dealkylation sites (N-methyl/N-ethyl adjacent to an activating group) is 1. The van der Waals surface area contributed by atoms with E-state index in [-0.39, 0.29) is 5.91 Å². The maximum absolute atomic E-state index is 11.5. The van der Waals surface area contributed by atoms with Crippen LogP contribution >= 0.6 is 0 Å². The smallest absolute Gasteiger partial charge is 0.245 e. The van der Waals surface area contributed by atoms with Crippen LogP contribution in [0.3, 0.4) is 0 Å². The maximum Gasteiger partial charge on any atom is 0.245 e. The largest absolute Gasteiger partial charge is 0.476 e. The second kappa shape index (κ2) is 12.6. The van der Waals surface area contributed by atoms with Gasteiger partial charge in [-0.2, -0.15) is 5.10 Å². The van der Waals surface area contributed by atoms with E-state index < -0.39 is 0 Å². The lowest BCUT2D eigenvalue weighted by atomic mass is 9.88. The predicted molar refractivity (Wildman–Crippen MR) is 149 cm³/mol. The number of carbonyl (C=O) groups is 1. The number of amides is 1. The molecular weight excluding hydrogens is 462 g/mol. The van der Waals surface area contributed by atoms with E-state index in [9.17, 15) is 4.79 Å². The lowest BCUT2D eigenvalue weighted by Gasteiger charge is -2.16. The number of ether oxygens (including phenoxy) is 1. The fourth-order valence-corrected chi connectivity index (χ4v) is 4.11. The Morgan fingerprint density at radius 3 is 2.57 bits per heavy atom. The first-order chi connectivity index (χ1) is 18.1. The monoisotopic (exact) mass is 495 g/mol. The van der Waals surface area contributed by atoms with E-state index in [0.717, 1.165) is 34.0 Å². The summed E-state index contributed by atoms with van der Waals surface area (Å²) in [5, 5.41) is 11.5. The van der Waals surface area contributed by atoms with Crippen molar-refractivity contribution in [3.05, 3.63) is 102 Å². The highest BCUT2D eigenvalue weighted by Gasteiger charge is 2.14. The van der Waals surface area contributed by atoms with E-state index in [1.165, 1.54) is 16.0 Å². The number of pyridine rings is 1. The van der Waals surface area contributed by atoms with Gasteiger partial charge in [0.25, 0.3) is 0 Å². The zero-order valence-electron chi connectivity index (χ0n) is 21.6. The molecular formula is C30H33N5O2. The van der Waals surface area contributed by atoms with Gasteiger partial charge in [0, 0.05) is 56.5 Å². The van der Waals surface area contributed by atoms with Crippen molar-refractivity contribution < 1.29 is 9.53 Å². The van der Waals surface area contributed by atoms with Crippen LogP contribution in [-0.2, 0) is 4.79 Å². The van der Waals surface area contributed by atoms with Crippen molar-refractivity contribution in [2.45, 2.75) is 13.3 Å². The van der Waals surface area contributed by atoms with E-state index >= 15 is 0 Å². The Balaban J connectivity index is 1.50. The van der Waals surface area contributed by atoms with Crippen LogP contribution in [0.4, 0.5) is 0 Å². The number of hydrogen-bond donors (Lipinski definition) is 2. The number of rotatable bonds is 11. The Morgan fingerprint density at radius 1 is 1.03 bits per heavy atom. The average molecular weight is 496 g/mol. The lowest BCUT2D eigenvalue weighted by molar-refractivity contribution is -0.123. The summed E-state index contributed by atoms with van der Waals surface area (Å²) in [7, 11) is 3.46. The summed E-state index contributed by atoms with van der Waals surface area (Å²) in [6, 6.07) is 20.8. The molecule has 0 fully saturated rings. The predicted octanol–water partition coefficient (Wildman–Crippen LogP) is 4.94. The molecule has 2 N–H and O–H groups in total. The minimum atomic E-state index is -0.0288. The molecule has 0 aliphatic rings. The lowest BCUT2D eigenvalue weighted by Crippen LogP contribution is -2.22. The number of fused-ring (bicyclic) bond motifs is 1. The molecule has 2 aromatic heterocycles. The third-order valence-electron chi connectivity index (χ3n) is 6.02. The van der Waals surface area contributed by atoms with E-state index in [2.05, 4.69) is 76.0 Å². The normalized spacial score (nSPS) is 12.1. The first kappa shape index (κ1) is 25.9. The highest BCUT2D eigenvalue weighted by atomic mass is 16.5. The molecule has 0 unspecified atom stereocenters. The van der Waals surface area contributed by atoms with Gasteiger partial charge in [-0.1, -0.05) is 49.4 Å². The zero-order valence-corrected chi connectivity index (χ0v) is 21.6. The SMILES string of the molecule is CC/C(=C(/c1ccc(OCCNC/C=C/C(=O)N(C)C)nc1)c1ccc2[nH]ncc2c1)c1ccccc1. The maximum atomic E-state index is 11.5. The molecule has 0 saturated heterocycles. The van der Waals surface area contributed by atoms with Gasteiger partial charge in [-0.3, -0.25) is 9.89 Å². The van der Waals surface area contributed by atoms with Gasteiger partial charge in [-0.25, -0.2) is 4.98 Å². The van der Waals surface area contributed by atoms with Crippen LogP contribution in [0.25, 0.3) is 22.0 Å². The van der Waals surface area contributed by atoms with E-state index in [0.29, 0.717) is 25.6 Å². The minimum absolute atomic E-state index is 0.0288. The number of aromatic nitrogens is 3. The molecule has 0 atom stereocenters. The van der Waals surface area contributed by atoms with E-state index in [4.69, 9.17) is 4.74 Å². The van der Waals surface area contributed by atoms with Gasteiger partial charge in [0.15, 0.2) is 0 Å². The Kier molecular flexibility index (Phi) is 8.84. The summed E-state index contributed by atoms with van der Waals surface area (Å²) >= 11 is 0. The third-order valence-corrected chi connectivity index (χ3v) is 6.02. The van der Waals surface area contributed by atoms with Crippen molar-refractivity contribution in [2.75, 3.05) is 33.8 Å². The van der Waals surface area contributed by atoms with Crippen LogP contribution in [0.2, 0.25) is 0 Å². The quantitative estimate of drug-likeness (QED) is 0.175. The second-order valence-corrected chi connectivity index (χ2v) is 8.82. The zero-order chi connectivity index (χ0) is 26.0. The summed E-state index contributed by atoms with van der Waals surface area (Å²) in [5.41, 5.74) is 6.76. The van der Waals surface area contributed by atoms with Crippen LogP contribution in [0.15, 0.2) is 85.2 Å². The van der Waals surface area contributed by atoms with Gasteiger partial charge in [-0.05, 0) is 46.9 Å². The molecule has 7 heteroatoms. The highest BCUT2D eigenvalue weighted by Crippen LogP contribution is 2.35. The molecule has 0 aliphatic carbocycles. The van der Waals surface area contributed by atoms with Crippen LogP contribution < -0.4 is 10.1 Å². The first-order valence-corrected chi connectivity index (χ1v) is 12.5. The molecule has 0 spiro atoms. The molecule has 7 nitrogen and oxygen atoms in total. The number of benzene rings is 2. The molecule has 4 aromatic rings. The molecule has 0 bridgehead atoms. The van der Waals surface area contributed by atoms with E-state index in [1.54, 1.807) is 20.2 Å². The molecule has 190 valence electrons. The molecule has 37 heavy (non-hydrogen) atoms. The number of nitrogens with one attached hydrogen (secondary N) is 2. The highest BCUT2D eigenvalue weighted by molar-refractivity contribution is 6.00. The molecule has 0 saturated carbocycles. The van der Waals surface area contributed by atoms with Gasteiger partial charge in [0.1, 0.15) is 6.61 Å². The Morgan fingerprint density at radius 2 is 1.84 bits per heavy atom. The van der Waals surface area contributed by atoms with Crippen LogP contribution in [-0.4, -0.2) is 59.8 Å². The topological polar surface area (TPSA) is 83.1 Å². The van der Waals surface area contributed by atoms with E-state index in [1.807, 2.05) is 30.6 Å². The molecule has 1 amide bonds. The van der Waals surface area contributed by atoms with Crippen molar-refractivity contribution in [3.63, 3.8) is 0 Å². The molecule has 0 aliphatic heterocycles. The Bertz CT molecular complexity index is 1370. The van der Waals surface area contributed by atoms with Gasteiger partial charge < -0.3 is 15.0 Å². The fraction of sp³-hybridized carbons (Fsp3) is 0.233. The number of aromatic amines is 1. The van der Waals surface area contributed by atoms with Crippen LogP contribution in [0, 0.1) is 0 Å².